The van der Waals surface area contributed by atoms with Gasteiger partial charge in [0.25, 0.3) is 15.6 Å². The lowest BCUT2D eigenvalue weighted by molar-refractivity contribution is 0.411. The van der Waals surface area contributed by atoms with E-state index in [4.69, 9.17) is 4.74 Å². The van der Waals surface area contributed by atoms with Crippen molar-refractivity contribution in [1.82, 2.24) is 9.36 Å². The number of aryl methyl sites for hydroxylation is 1. The van der Waals surface area contributed by atoms with Crippen LogP contribution in [0.5, 0.6) is 5.75 Å². The number of hydrogen-bond donors (Lipinski definition) is 1. The topological polar surface area (TPSA) is 82.3 Å². The van der Waals surface area contributed by atoms with Crippen molar-refractivity contribution < 1.29 is 13.2 Å². The molecule has 0 amide bonds. The number of aromatic nitrogens is 2. The Morgan fingerprint density at radius 3 is 2.30 bits per heavy atom. The maximum atomic E-state index is 12.9. The largest absolute Gasteiger partial charge is 0.496 e. The van der Waals surface area contributed by atoms with Crippen LogP contribution in [0.2, 0.25) is 0 Å². The normalized spacial score (nSPS) is 11.4. The fourth-order valence-electron chi connectivity index (χ4n) is 2.90. The quantitative estimate of drug-likeness (QED) is 0.730. The van der Waals surface area contributed by atoms with Gasteiger partial charge in [0.2, 0.25) is 0 Å². The first-order valence-electron chi connectivity index (χ1n) is 8.27. The number of rotatable bonds is 5. The number of para-hydroxylation sites is 1. The van der Waals surface area contributed by atoms with Crippen molar-refractivity contribution in [3.63, 3.8) is 0 Å². The Bertz CT molecular complexity index is 1150. The molecule has 0 spiro atoms. The average Bonchev–Trinajstić information content (AvgIpc) is 2.85. The van der Waals surface area contributed by atoms with Crippen LogP contribution in [0.4, 0.5) is 5.69 Å². The van der Waals surface area contributed by atoms with Gasteiger partial charge < -0.3 is 4.74 Å². The van der Waals surface area contributed by atoms with Crippen molar-refractivity contribution in [2.45, 2.75) is 18.7 Å². The van der Waals surface area contributed by atoms with E-state index in [9.17, 15) is 13.2 Å². The molecule has 7 nitrogen and oxygen atoms in total. The van der Waals surface area contributed by atoms with Crippen LogP contribution < -0.4 is 15.0 Å². The van der Waals surface area contributed by atoms with E-state index < -0.39 is 15.6 Å². The molecule has 0 aliphatic carbocycles. The predicted octanol–water partition coefficient (Wildman–Crippen LogP) is 2.60. The van der Waals surface area contributed by atoms with E-state index in [1.807, 2.05) is 18.2 Å². The van der Waals surface area contributed by atoms with Crippen LogP contribution in [0.1, 0.15) is 11.3 Å². The molecule has 0 radical (unpaired) electrons. The molecule has 1 heterocycles. The monoisotopic (exact) mass is 387 g/mol. The van der Waals surface area contributed by atoms with Gasteiger partial charge in [0, 0.05) is 7.05 Å². The molecule has 0 aliphatic heterocycles. The number of ether oxygens (including phenoxy) is 1. The second-order valence-corrected chi connectivity index (χ2v) is 7.86. The third-order valence-electron chi connectivity index (χ3n) is 4.47. The number of anilines is 1. The first-order valence-corrected chi connectivity index (χ1v) is 9.76. The first-order chi connectivity index (χ1) is 12.8. The van der Waals surface area contributed by atoms with Crippen LogP contribution >= 0.6 is 0 Å². The second kappa shape index (κ2) is 6.96. The summed E-state index contributed by atoms with van der Waals surface area (Å²) in [5, 5.41) is 0. The minimum atomic E-state index is -3.92. The molecule has 0 bridgehead atoms. The molecule has 3 rings (SSSR count). The molecule has 1 aromatic heterocycles. The highest BCUT2D eigenvalue weighted by Gasteiger charge is 2.23. The summed E-state index contributed by atoms with van der Waals surface area (Å²) < 4.78 is 36.3. The van der Waals surface area contributed by atoms with Crippen molar-refractivity contribution in [2.75, 3.05) is 11.8 Å². The molecule has 1 N–H and O–H groups in total. The number of methoxy groups -OCH3 is 1. The fraction of sp³-hybridized carbons (Fsp3) is 0.211. The fourth-order valence-corrected chi connectivity index (χ4v) is 4.10. The van der Waals surface area contributed by atoms with Crippen LogP contribution in [0.3, 0.4) is 0 Å². The van der Waals surface area contributed by atoms with Gasteiger partial charge >= 0.3 is 0 Å². The first kappa shape index (κ1) is 18.8. The minimum absolute atomic E-state index is 0.0230. The van der Waals surface area contributed by atoms with Gasteiger partial charge in [-0.15, -0.1) is 0 Å². The van der Waals surface area contributed by atoms with Crippen molar-refractivity contribution in [2.24, 2.45) is 7.05 Å². The summed E-state index contributed by atoms with van der Waals surface area (Å²) in [6.45, 7) is 3.45. The molecule has 2 aromatic carbocycles. The SMILES string of the molecule is COc1ccc(S(=O)(=O)Nc2c(C)n(C)n(-c3ccccc3)c2=O)cc1C. The molecule has 0 unspecified atom stereocenters. The van der Waals surface area contributed by atoms with Gasteiger partial charge in [0.05, 0.1) is 23.4 Å². The lowest BCUT2D eigenvalue weighted by Gasteiger charge is -2.09. The number of nitrogens with one attached hydrogen (secondary N) is 1. The molecule has 0 aliphatic rings. The maximum absolute atomic E-state index is 12.9. The zero-order chi connectivity index (χ0) is 19.8. The van der Waals surface area contributed by atoms with E-state index in [1.165, 1.54) is 23.9 Å². The Kier molecular flexibility index (Phi) is 4.84. The molecular weight excluding hydrogens is 366 g/mol. The number of hydrogen-bond acceptors (Lipinski definition) is 4. The third kappa shape index (κ3) is 3.35. The van der Waals surface area contributed by atoms with Crippen molar-refractivity contribution in [3.05, 3.63) is 70.1 Å². The summed E-state index contributed by atoms with van der Waals surface area (Å²) in [7, 11) is -0.694. The van der Waals surface area contributed by atoms with Crippen LogP contribution in [-0.2, 0) is 17.1 Å². The maximum Gasteiger partial charge on any atom is 0.296 e. The lowest BCUT2D eigenvalue weighted by Crippen LogP contribution is -2.23. The van der Waals surface area contributed by atoms with Crippen LogP contribution in [0.15, 0.2) is 58.2 Å². The van der Waals surface area contributed by atoms with Crippen molar-refractivity contribution in [1.29, 1.82) is 0 Å². The highest BCUT2D eigenvalue weighted by atomic mass is 32.2. The van der Waals surface area contributed by atoms with E-state index >= 15 is 0 Å². The molecule has 27 heavy (non-hydrogen) atoms. The van der Waals surface area contributed by atoms with Crippen LogP contribution in [-0.4, -0.2) is 24.9 Å². The lowest BCUT2D eigenvalue weighted by atomic mass is 10.2. The summed E-state index contributed by atoms with van der Waals surface area (Å²) in [6, 6.07) is 13.6. The van der Waals surface area contributed by atoms with E-state index in [2.05, 4.69) is 4.72 Å². The van der Waals surface area contributed by atoms with Crippen LogP contribution in [0.25, 0.3) is 5.69 Å². The van der Waals surface area contributed by atoms with Gasteiger partial charge in [-0.05, 0) is 49.7 Å². The Hall–Kier alpha value is -3.00. The van der Waals surface area contributed by atoms with Crippen molar-refractivity contribution >= 4 is 15.7 Å². The Morgan fingerprint density at radius 1 is 1.04 bits per heavy atom. The average molecular weight is 387 g/mol. The van der Waals surface area contributed by atoms with Gasteiger partial charge in [-0.25, -0.2) is 13.1 Å². The molecule has 8 heteroatoms. The summed E-state index contributed by atoms with van der Waals surface area (Å²) in [6.07, 6.45) is 0. The van der Waals surface area contributed by atoms with E-state index in [0.29, 0.717) is 22.7 Å². The van der Waals surface area contributed by atoms with E-state index in [-0.39, 0.29) is 10.6 Å². The zero-order valence-electron chi connectivity index (χ0n) is 15.6. The van der Waals surface area contributed by atoms with Gasteiger partial charge in [-0.2, -0.15) is 0 Å². The second-order valence-electron chi connectivity index (χ2n) is 6.17. The van der Waals surface area contributed by atoms with E-state index in [0.717, 1.165) is 0 Å². The molecule has 142 valence electrons. The predicted molar refractivity (Wildman–Crippen MR) is 104 cm³/mol. The van der Waals surface area contributed by atoms with Gasteiger partial charge in [-0.1, -0.05) is 18.2 Å². The van der Waals surface area contributed by atoms with Crippen LogP contribution in [0, 0.1) is 13.8 Å². The highest BCUT2D eigenvalue weighted by molar-refractivity contribution is 7.92. The molecule has 0 saturated carbocycles. The Balaban J connectivity index is 2.06. The molecule has 0 atom stereocenters. The summed E-state index contributed by atoms with van der Waals surface area (Å²) in [5.74, 6) is 0.594. The smallest absolute Gasteiger partial charge is 0.296 e. The van der Waals surface area contributed by atoms with E-state index in [1.54, 1.807) is 43.8 Å². The summed E-state index contributed by atoms with van der Waals surface area (Å²) >= 11 is 0. The van der Waals surface area contributed by atoms with Gasteiger partial charge in [0.1, 0.15) is 11.4 Å². The molecular formula is C19H21N3O4S. The zero-order valence-corrected chi connectivity index (χ0v) is 16.4. The van der Waals surface area contributed by atoms with Gasteiger partial charge in [-0.3, -0.25) is 14.2 Å². The Morgan fingerprint density at radius 2 is 1.70 bits per heavy atom. The van der Waals surface area contributed by atoms with Gasteiger partial charge in [0.15, 0.2) is 0 Å². The number of sulfonamides is 1. The molecule has 0 fully saturated rings. The van der Waals surface area contributed by atoms with Crippen molar-refractivity contribution in [3.8, 4) is 11.4 Å². The number of benzene rings is 2. The summed E-state index contributed by atoms with van der Waals surface area (Å²) in [4.78, 5) is 12.9. The number of nitrogens with zero attached hydrogens (tertiary/aromatic N) is 2. The standard InChI is InChI=1S/C19H21N3O4S/c1-13-12-16(10-11-17(13)26-4)27(24,25)20-18-14(2)21(3)22(19(18)23)15-8-6-5-7-9-15/h5-12,20H,1-4H3. The Labute approximate surface area is 157 Å². The molecule has 0 saturated heterocycles. The minimum Gasteiger partial charge on any atom is -0.496 e. The third-order valence-corrected chi connectivity index (χ3v) is 5.81. The molecule has 3 aromatic rings. The highest BCUT2D eigenvalue weighted by Crippen LogP contribution is 2.23. The summed E-state index contributed by atoms with van der Waals surface area (Å²) in [5.41, 5.74) is 1.44.